The number of nitrogens with one attached hydrogen (secondary N) is 1. The third-order valence-electron chi connectivity index (χ3n) is 6.09. The predicted octanol–water partition coefficient (Wildman–Crippen LogP) is 3.48. The molecule has 148 valence electrons. The predicted molar refractivity (Wildman–Crippen MR) is 105 cm³/mol. The minimum Gasteiger partial charge on any atom is -0.317 e. The van der Waals surface area contributed by atoms with Gasteiger partial charge in [0.2, 0.25) is 0 Å². The lowest BCUT2D eigenvalue weighted by Crippen LogP contribution is -2.57. The van der Waals surface area contributed by atoms with E-state index in [1.807, 2.05) is 0 Å². The molecular formula is C21H23F2N2O2S+. The van der Waals surface area contributed by atoms with Crippen molar-refractivity contribution in [1.82, 2.24) is 9.21 Å². The van der Waals surface area contributed by atoms with Gasteiger partial charge in [-0.2, -0.15) is 12.3 Å². The molecule has 2 aromatic carbocycles. The first-order valence-electron chi connectivity index (χ1n) is 9.35. The molecule has 4 nitrogen and oxygen atoms in total. The highest BCUT2D eigenvalue weighted by Crippen LogP contribution is 2.52. The topological polar surface area (TPSA) is 46.2 Å². The second kappa shape index (κ2) is 6.76. The number of rotatable bonds is 4. The van der Waals surface area contributed by atoms with E-state index in [0.717, 1.165) is 24.7 Å². The summed E-state index contributed by atoms with van der Waals surface area (Å²) < 4.78 is 55.9. The van der Waals surface area contributed by atoms with Gasteiger partial charge in [0, 0.05) is 11.6 Å². The van der Waals surface area contributed by atoms with Gasteiger partial charge < -0.3 is 5.32 Å². The van der Waals surface area contributed by atoms with E-state index >= 15 is 0 Å². The molecule has 0 bridgehead atoms. The van der Waals surface area contributed by atoms with Gasteiger partial charge in [0.15, 0.2) is 10.6 Å². The zero-order chi connectivity index (χ0) is 20.0. The monoisotopic (exact) mass is 405 g/mol. The standard InChI is InChI=1S/C21H23F2N2O2S/c1-2-13-25(28(26,27)20-6-4-3-5-18(20)23)15-21(9-11-24-12-10-21)17-14-16(22)7-8-19(17)25/h2-8,14,24H,1,9-13,15H2/q+1. The molecule has 4 rings (SSSR count). The Bertz CT molecular complexity index is 1030. The lowest BCUT2D eigenvalue weighted by molar-refractivity contribution is 0.279. The summed E-state index contributed by atoms with van der Waals surface area (Å²) in [4.78, 5) is -0.335. The lowest BCUT2D eigenvalue weighted by atomic mass is 9.75. The SMILES string of the molecule is C=CC[N+]1(S(=O)(=O)c2ccccc2F)CC2(CCNCC2)c2cc(F)ccc21. The van der Waals surface area contributed by atoms with Crippen LogP contribution in [0.3, 0.4) is 0 Å². The maximum absolute atomic E-state index is 14.5. The fourth-order valence-electron chi connectivity index (χ4n) is 4.81. The quantitative estimate of drug-likeness (QED) is 0.626. The zero-order valence-electron chi connectivity index (χ0n) is 15.5. The van der Waals surface area contributed by atoms with E-state index in [4.69, 9.17) is 0 Å². The maximum atomic E-state index is 14.5. The summed E-state index contributed by atoms with van der Waals surface area (Å²) in [5, 5.41) is 3.29. The zero-order valence-corrected chi connectivity index (χ0v) is 16.3. The Morgan fingerprint density at radius 1 is 1.14 bits per heavy atom. The van der Waals surface area contributed by atoms with Crippen molar-refractivity contribution in [1.29, 1.82) is 0 Å². The van der Waals surface area contributed by atoms with Crippen molar-refractivity contribution < 1.29 is 17.2 Å². The third kappa shape index (κ3) is 2.64. The molecule has 1 spiro atoms. The largest absolute Gasteiger partial charge is 0.335 e. The Labute approximate surface area is 164 Å². The molecule has 1 N–H and O–H groups in total. The second-order valence-corrected chi connectivity index (χ2v) is 9.70. The van der Waals surface area contributed by atoms with Crippen molar-refractivity contribution in [3.05, 3.63) is 72.3 Å². The Kier molecular flexibility index (Phi) is 4.64. The van der Waals surface area contributed by atoms with Gasteiger partial charge in [0.25, 0.3) is 0 Å². The Hall–Kier alpha value is -2.09. The molecule has 0 saturated carbocycles. The minimum absolute atomic E-state index is 0.0878. The molecule has 2 aromatic rings. The fourth-order valence-corrected chi connectivity index (χ4v) is 6.89. The molecule has 1 unspecified atom stereocenters. The maximum Gasteiger partial charge on any atom is 0.335 e. The number of benzene rings is 2. The van der Waals surface area contributed by atoms with Crippen LogP contribution in [0.5, 0.6) is 0 Å². The van der Waals surface area contributed by atoms with E-state index in [9.17, 15) is 17.2 Å². The van der Waals surface area contributed by atoms with Crippen LogP contribution in [0.1, 0.15) is 18.4 Å². The summed E-state index contributed by atoms with van der Waals surface area (Å²) in [6.45, 7) is 5.55. The van der Waals surface area contributed by atoms with Crippen LogP contribution in [-0.4, -0.2) is 34.6 Å². The van der Waals surface area contributed by atoms with Crippen molar-refractivity contribution in [3.63, 3.8) is 0 Å². The Morgan fingerprint density at radius 2 is 1.86 bits per heavy atom. The average Bonchev–Trinajstić information content (AvgIpc) is 2.93. The smallest absolute Gasteiger partial charge is 0.317 e. The number of quaternary nitrogens is 1. The molecule has 0 amide bonds. The van der Waals surface area contributed by atoms with Crippen LogP contribution in [0.2, 0.25) is 0 Å². The van der Waals surface area contributed by atoms with Crippen LogP contribution in [0.15, 0.2) is 60.0 Å². The molecule has 2 aliphatic heterocycles. The van der Waals surface area contributed by atoms with Crippen LogP contribution < -0.4 is 9.21 Å². The number of piperidine rings is 1. The molecule has 7 heteroatoms. The number of hydrogen-bond acceptors (Lipinski definition) is 3. The number of hydrogen-bond donors (Lipinski definition) is 1. The van der Waals surface area contributed by atoms with E-state index in [-0.39, 0.29) is 18.0 Å². The summed E-state index contributed by atoms with van der Waals surface area (Å²) in [6, 6.07) is 9.72. The summed E-state index contributed by atoms with van der Waals surface area (Å²) in [5.74, 6) is -1.17. The van der Waals surface area contributed by atoms with Gasteiger partial charge in [-0.15, -0.1) is 0 Å². The molecule has 2 heterocycles. The highest BCUT2D eigenvalue weighted by atomic mass is 32.2. The van der Waals surface area contributed by atoms with Gasteiger partial charge in [0.1, 0.15) is 24.7 Å². The molecular weight excluding hydrogens is 382 g/mol. The lowest BCUT2D eigenvalue weighted by Gasteiger charge is -2.37. The highest BCUT2D eigenvalue weighted by Gasteiger charge is 2.60. The van der Waals surface area contributed by atoms with Crippen molar-refractivity contribution >= 4 is 15.7 Å². The van der Waals surface area contributed by atoms with Crippen molar-refractivity contribution in [2.24, 2.45) is 0 Å². The number of halogens is 2. The molecule has 0 radical (unpaired) electrons. The summed E-state index contributed by atoms with van der Waals surface area (Å²) >= 11 is 0. The van der Waals surface area contributed by atoms with Gasteiger partial charge in [-0.25, -0.2) is 8.78 Å². The summed E-state index contributed by atoms with van der Waals surface area (Å²) in [6.07, 6.45) is 2.95. The summed E-state index contributed by atoms with van der Waals surface area (Å²) in [5.41, 5.74) is 0.770. The number of fused-ring (bicyclic) bond motifs is 2. The average molecular weight is 405 g/mol. The number of nitrogens with zero attached hydrogens (tertiary/aromatic N) is 1. The number of sulfonamides is 1. The molecule has 28 heavy (non-hydrogen) atoms. The van der Waals surface area contributed by atoms with E-state index in [2.05, 4.69) is 11.9 Å². The van der Waals surface area contributed by atoms with E-state index in [1.54, 1.807) is 12.1 Å². The minimum atomic E-state index is -4.15. The van der Waals surface area contributed by atoms with Crippen molar-refractivity contribution in [3.8, 4) is 0 Å². The van der Waals surface area contributed by atoms with Gasteiger partial charge in [-0.1, -0.05) is 18.7 Å². The molecule has 0 aliphatic carbocycles. The van der Waals surface area contributed by atoms with Gasteiger partial charge in [-0.3, -0.25) is 0 Å². The molecule has 1 fully saturated rings. The van der Waals surface area contributed by atoms with Crippen molar-refractivity contribution in [2.45, 2.75) is 23.2 Å². The molecule has 0 aromatic heterocycles. The first kappa shape index (κ1) is 19.2. The Balaban J connectivity index is 2.00. The highest BCUT2D eigenvalue weighted by molar-refractivity contribution is 7.91. The van der Waals surface area contributed by atoms with Gasteiger partial charge in [0.05, 0.1) is 5.41 Å². The second-order valence-electron chi connectivity index (χ2n) is 7.62. The first-order valence-corrected chi connectivity index (χ1v) is 10.8. The molecule has 2 aliphatic rings. The van der Waals surface area contributed by atoms with E-state index in [0.29, 0.717) is 18.5 Å². The van der Waals surface area contributed by atoms with Crippen LogP contribution in [-0.2, 0) is 15.4 Å². The van der Waals surface area contributed by atoms with E-state index < -0.39 is 31.0 Å². The van der Waals surface area contributed by atoms with Crippen LogP contribution in [0, 0.1) is 11.6 Å². The third-order valence-corrected chi connectivity index (χ3v) is 8.37. The fraction of sp³-hybridized carbons (Fsp3) is 0.333. The summed E-state index contributed by atoms with van der Waals surface area (Å²) in [7, 11) is -4.15. The van der Waals surface area contributed by atoms with Crippen LogP contribution in [0.4, 0.5) is 14.5 Å². The van der Waals surface area contributed by atoms with Crippen molar-refractivity contribution in [2.75, 3.05) is 26.2 Å². The van der Waals surface area contributed by atoms with Gasteiger partial charge >= 0.3 is 10.0 Å². The van der Waals surface area contributed by atoms with Crippen LogP contribution >= 0.6 is 0 Å². The normalized spacial score (nSPS) is 23.5. The molecule has 1 saturated heterocycles. The van der Waals surface area contributed by atoms with E-state index in [1.165, 1.54) is 30.3 Å². The molecule has 1 atom stereocenters. The Morgan fingerprint density at radius 3 is 2.54 bits per heavy atom. The van der Waals surface area contributed by atoms with Crippen LogP contribution in [0.25, 0.3) is 0 Å². The van der Waals surface area contributed by atoms with Gasteiger partial charge in [-0.05, 0) is 56.3 Å². The first-order chi connectivity index (χ1) is 13.4.